The Hall–Kier alpha value is -2.41. The molecular weight excluding hydrogens is 354 g/mol. The summed E-state index contributed by atoms with van der Waals surface area (Å²) in [6, 6.07) is 7.76. The van der Waals surface area contributed by atoms with E-state index in [2.05, 4.69) is 16.9 Å². The molecule has 3 heterocycles. The van der Waals surface area contributed by atoms with E-state index in [1.165, 1.54) is 0 Å². The fourth-order valence-corrected chi connectivity index (χ4v) is 4.36. The van der Waals surface area contributed by atoms with Crippen LogP contribution in [0.2, 0.25) is 0 Å². The molecule has 2 aliphatic heterocycles. The molecule has 1 aromatic carbocycles. The van der Waals surface area contributed by atoms with Crippen LogP contribution in [0.1, 0.15) is 19.8 Å². The van der Waals surface area contributed by atoms with Crippen LogP contribution in [0, 0.1) is 5.92 Å². The molecule has 150 valence electrons. The Kier molecular flexibility index (Phi) is 5.35. The molecule has 0 aliphatic carbocycles. The molecule has 0 radical (unpaired) electrons. The summed E-state index contributed by atoms with van der Waals surface area (Å²) in [5.74, 6) is 0.658. The van der Waals surface area contributed by atoms with Gasteiger partial charge in [0.15, 0.2) is 5.82 Å². The van der Waals surface area contributed by atoms with Crippen molar-refractivity contribution in [2.45, 2.75) is 26.3 Å². The lowest BCUT2D eigenvalue weighted by molar-refractivity contribution is -0.137. The molecule has 1 aromatic heterocycles. The Morgan fingerprint density at radius 2 is 1.89 bits per heavy atom. The number of benzene rings is 1. The monoisotopic (exact) mass is 383 g/mol. The second-order valence-electron chi connectivity index (χ2n) is 7.89. The van der Waals surface area contributed by atoms with Gasteiger partial charge in [0.05, 0.1) is 17.0 Å². The SMILES string of the molecule is CCn1c(=O)c(N2CCC[C@H](C(=O)N3CCN(C)CC3)C2)nc2ccccc21. The predicted molar refractivity (Wildman–Crippen MR) is 111 cm³/mol. The summed E-state index contributed by atoms with van der Waals surface area (Å²) in [7, 11) is 2.09. The minimum absolute atomic E-state index is 0.0556. The second kappa shape index (κ2) is 7.91. The van der Waals surface area contributed by atoms with E-state index in [4.69, 9.17) is 0 Å². The Morgan fingerprint density at radius 3 is 2.64 bits per heavy atom. The van der Waals surface area contributed by atoms with Gasteiger partial charge in [-0.1, -0.05) is 12.1 Å². The van der Waals surface area contributed by atoms with Crippen LogP contribution in [0.5, 0.6) is 0 Å². The van der Waals surface area contributed by atoms with Crippen LogP contribution < -0.4 is 10.5 Å². The zero-order chi connectivity index (χ0) is 19.7. The molecule has 7 nitrogen and oxygen atoms in total. The zero-order valence-corrected chi connectivity index (χ0v) is 16.8. The van der Waals surface area contributed by atoms with Gasteiger partial charge in [0.2, 0.25) is 5.91 Å². The second-order valence-corrected chi connectivity index (χ2v) is 7.89. The van der Waals surface area contributed by atoms with Crippen molar-refractivity contribution in [1.29, 1.82) is 0 Å². The fraction of sp³-hybridized carbons (Fsp3) is 0.571. The number of carbonyl (C=O) groups is 1. The highest BCUT2D eigenvalue weighted by atomic mass is 16.2. The number of aryl methyl sites for hydroxylation is 1. The first kappa shape index (κ1) is 18.9. The van der Waals surface area contributed by atoms with E-state index in [9.17, 15) is 9.59 Å². The van der Waals surface area contributed by atoms with Crippen LogP contribution in [-0.4, -0.2) is 71.6 Å². The van der Waals surface area contributed by atoms with Gasteiger partial charge < -0.3 is 19.3 Å². The number of fused-ring (bicyclic) bond motifs is 1. The van der Waals surface area contributed by atoms with Crippen molar-refractivity contribution in [3.05, 3.63) is 34.6 Å². The number of para-hydroxylation sites is 2. The molecular formula is C21H29N5O2. The van der Waals surface area contributed by atoms with Crippen LogP contribution >= 0.6 is 0 Å². The smallest absolute Gasteiger partial charge is 0.293 e. The Morgan fingerprint density at radius 1 is 1.14 bits per heavy atom. The van der Waals surface area contributed by atoms with Crippen molar-refractivity contribution in [1.82, 2.24) is 19.4 Å². The van der Waals surface area contributed by atoms with Gasteiger partial charge in [0.25, 0.3) is 5.56 Å². The molecule has 2 aromatic rings. The summed E-state index contributed by atoms with van der Waals surface area (Å²) >= 11 is 0. The summed E-state index contributed by atoms with van der Waals surface area (Å²) in [5.41, 5.74) is 1.63. The minimum atomic E-state index is -0.0612. The van der Waals surface area contributed by atoms with Crippen molar-refractivity contribution < 1.29 is 4.79 Å². The average molecular weight is 383 g/mol. The van der Waals surface area contributed by atoms with Gasteiger partial charge in [-0.15, -0.1) is 0 Å². The molecule has 4 rings (SSSR count). The van der Waals surface area contributed by atoms with Crippen molar-refractivity contribution in [3.63, 3.8) is 0 Å². The number of amides is 1. The zero-order valence-electron chi connectivity index (χ0n) is 16.8. The van der Waals surface area contributed by atoms with Crippen molar-refractivity contribution >= 4 is 22.8 Å². The third kappa shape index (κ3) is 3.51. The summed E-state index contributed by atoms with van der Waals surface area (Å²) < 4.78 is 1.78. The average Bonchev–Trinajstić information content (AvgIpc) is 2.73. The molecule has 0 bridgehead atoms. The van der Waals surface area contributed by atoms with Crippen LogP contribution in [0.4, 0.5) is 5.82 Å². The minimum Gasteiger partial charge on any atom is -0.351 e. The summed E-state index contributed by atoms with van der Waals surface area (Å²) in [5, 5.41) is 0. The third-order valence-corrected chi connectivity index (χ3v) is 6.04. The Labute approximate surface area is 165 Å². The molecule has 1 atom stereocenters. The molecule has 28 heavy (non-hydrogen) atoms. The van der Waals surface area contributed by atoms with Gasteiger partial charge in [0, 0.05) is 45.8 Å². The number of piperazine rings is 1. The highest BCUT2D eigenvalue weighted by Gasteiger charge is 2.32. The molecule has 7 heteroatoms. The van der Waals surface area contributed by atoms with Crippen LogP contribution in [-0.2, 0) is 11.3 Å². The van der Waals surface area contributed by atoms with Crippen molar-refractivity contribution in [2.24, 2.45) is 5.92 Å². The first-order chi connectivity index (χ1) is 13.6. The topological polar surface area (TPSA) is 61.7 Å². The molecule has 0 N–H and O–H groups in total. The van der Waals surface area contributed by atoms with Crippen molar-refractivity contribution in [3.8, 4) is 0 Å². The standard InChI is InChI=1S/C21H29N5O2/c1-3-26-18-9-5-4-8-17(18)22-19(21(26)28)25-10-6-7-16(15-25)20(27)24-13-11-23(2)12-14-24/h4-5,8-9,16H,3,6-7,10-15H2,1-2H3/t16-/m0/s1. The van der Waals surface area contributed by atoms with Gasteiger partial charge in [-0.25, -0.2) is 4.98 Å². The number of hydrogen-bond donors (Lipinski definition) is 0. The van der Waals surface area contributed by atoms with E-state index >= 15 is 0 Å². The lowest BCUT2D eigenvalue weighted by Gasteiger charge is -2.38. The highest BCUT2D eigenvalue weighted by molar-refractivity contribution is 5.80. The van der Waals surface area contributed by atoms with E-state index in [1.807, 2.05) is 41.0 Å². The number of nitrogens with zero attached hydrogens (tertiary/aromatic N) is 5. The van der Waals surface area contributed by atoms with Crippen LogP contribution in [0.25, 0.3) is 11.0 Å². The van der Waals surface area contributed by atoms with E-state index in [-0.39, 0.29) is 17.4 Å². The number of carbonyl (C=O) groups excluding carboxylic acids is 1. The summed E-state index contributed by atoms with van der Waals surface area (Å²) in [6.07, 6.45) is 1.79. The number of rotatable bonds is 3. The summed E-state index contributed by atoms with van der Waals surface area (Å²) in [4.78, 5) is 37.1. The van der Waals surface area contributed by atoms with Gasteiger partial charge in [-0.2, -0.15) is 0 Å². The predicted octanol–water partition coefficient (Wildman–Crippen LogP) is 1.41. The molecule has 2 fully saturated rings. The maximum atomic E-state index is 13.1. The molecule has 2 aliphatic rings. The molecule has 0 spiro atoms. The number of anilines is 1. The summed E-state index contributed by atoms with van der Waals surface area (Å²) in [6.45, 7) is 7.38. The molecule has 1 amide bonds. The number of piperidine rings is 1. The van der Waals surface area contributed by atoms with E-state index < -0.39 is 0 Å². The lowest BCUT2D eigenvalue weighted by Crippen LogP contribution is -2.52. The van der Waals surface area contributed by atoms with Gasteiger partial charge >= 0.3 is 0 Å². The highest BCUT2D eigenvalue weighted by Crippen LogP contribution is 2.23. The third-order valence-electron chi connectivity index (χ3n) is 6.04. The first-order valence-electron chi connectivity index (χ1n) is 10.3. The van der Waals surface area contributed by atoms with Gasteiger partial charge in [0.1, 0.15) is 0 Å². The fourth-order valence-electron chi connectivity index (χ4n) is 4.36. The van der Waals surface area contributed by atoms with Crippen molar-refractivity contribution in [2.75, 3.05) is 51.2 Å². The van der Waals surface area contributed by atoms with Crippen LogP contribution in [0.3, 0.4) is 0 Å². The normalized spacial score (nSPS) is 21.3. The maximum absolute atomic E-state index is 13.1. The maximum Gasteiger partial charge on any atom is 0.293 e. The first-order valence-corrected chi connectivity index (χ1v) is 10.3. The van der Waals surface area contributed by atoms with Gasteiger partial charge in [-0.05, 0) is 38.9 Å². The molecule has 0 saturated carbocycles. The van der Waals surface area contributed by atoms with E-state index in [0.29, 0.717) is 18.9 Å². The van der Waals surface area contributed by atoms with E-state index in [1.54, 1.807) is 4.57 Å². The van der Waals surface area contributed by atoms with Gasteiger partial charge in [-0.3, -0.25) is 9.59 Å². The largest absolute Gasteiger partial charge is 0.351 e. The van der Waals surface area contributed by atoms with Crippen LogP contribution in [0.15, 0.2) is 29.1 Å². The quantitative estimate of drug-likeness (QED) is 0.802. The Balaban J connectivity index is 1.59. The number of aromatic nitrogens is 2. The molecule has 0 unspecified atom stereocenters. The Bertz CT molecular complexity index is 917. The number of hydrogen-bond acceptors (Lipinski definition) is 5. The lowest BCUT2D eigenvalue weighted by atomic mass is 9.96. The molecule has 2 saturated heterocycles. The number of likely N-dealkylation sites (N-methyl/N-ethyl adjacent to an activating group) is 1. The van der Waals surface area contributed by atoms with E-state index in [0.717, 1.165) is 56.6 Å².